The van der Waals surface area contributed by atoms with Crippen LogP contribution in [0.3, 0.4) is 0 Å². The third-order valence-electron chi connectivity index (χ3n) is 12.2. The molecule has 0 aromatic heterocycles. The number of unbranched alkanes of at least 4 members (excludes halogenated alkanes) is 31. The molecule has 0 bridgehead atoms. The smallest absolute Gasteiger partial charge is 0.306 e. The van der Waals surface area contributed by atoms with Gasteiger partial charge in [-0.15, -0.1) is 0 Å². The highest BCUT2D eigenvalue weighted by Crippen LogP contribution is 2.17. The van der Waals surface area contributed by atoms with Gasteiger partial charge in [0.25, 0.3) is 0 Å². The Bertz CT molecular complexity index is 1010. The molecular formula is C55H103NO5. The molecule has 0 aliphatic rings. The molecule has 0 saturated carbocycles. The van der Waals surface area contributed by atoms with Gasteiger partial charge in [-0.05, 0) is 70.6 Å². The van der Waals surface area contributed by atoms with Crippen LogP contribution in [0, 0.1) is 0 Å². The minimum atomic E-state index is -0.794. The molecule has 0 aliphatic heterocycles. The minimum Gasteiger partial charge on any atom is -0.462 e. The molecule has 3 N–H and O–H groups in total. The Morgan fingerprint density at radius 1 is 0.475 bits per heavy atom. The van der Waals surface area contributed by atoms with Crippen LogP contribution in [0.4, 0.5) is 0 Å². The fourth-order valence-electron chi connectivity index (χ4n) is 8.13. The predicted octanol–water partition coefficient (Wildman–Crippen LogP) is 16.1. The maximum atomic E-state index is 13.2. The molecule has 0 radical (unpaired) electrons. The highest BCUT2D eigenvalue weighted by Gasteiger charge is 2.24. The van der Waals surface area contributed by atoms with Crippen LogP contribution in [0.1, 0.15) is 278 Å². The largest absolute Gasteiger partial charge is 0.462 e. The quantitative estimate of drug-likeness (QED) is 0.0245. The first-order valence-electron chi connectivity index (χ1n) is 26.7. The third kappa shape index (κ3) is 44.5. The number of allylic oxidation sites excluding steroid dienone is 6. The minimum absolute atomic E-state index is 0.0541. The first-order valence-corrected chi connectivity index (χ1v) is 26.7. The van der Waals surface area contributed by atoms with E-state index >= 15 is 0 Å². The molecule has 0 fully saturated rings. The van der Waals surface area contributed by atoms with E-state index in [4.69, 9.17) is 4.74 Å². The fraction of sp³-hybridized carbons (Fsp3) is 0.855. The van der Waals surface area contributed by atoms with Gasteiger partial charge in [-0.1, -0.05) is 231 Å². The van der Waals surface area contributed by atoms with Gasteiger partial charge in [-0.2, -0.15) is 0 Å². The van der Waals surface area contributed by atoms with Crippen LogP contribution in [0.2, 0.25) is 0 Å². The van der Waals surface area contributed by atoms with Gasteiger partial charge < -0.3 is 20.3 Å². The van der Waals surface area contributed by atoms with Crippen LogP contribution < -0.4 is 5.32 Å². The molecule has 6 nitrogen and oxygen atoms in total. The lowest BCUT2D eigenvalue weighted by atomic mass is 10.0. The van der Waals surface area contributed by atoms with Gasteiger partial charge in [0.2, 0.25) is 5.91 Å². The highest BCUT2D eigenvalue weighted by molar-refractivity contribution is 5.77. The van der Waals surface area contributed by atoms with Crippen molar-refractivity contribution in [1.82, 2.24) is 5.32 Å². The van der Waals surface area contributed by atoms with E-state index in [0.717, 1.165) is 64.2 Å². The molecule has 1 amide bonds. The summed E-state index contributed by atoms with van der Waals surface area (Å²) in [6.45, 7) is 6.45. The normalized spacial score (nSPS) is 13.5. The molecule has 6 heteroatoms. The lowest BCUT2D eigenvalue weighted by Gasteiger charge is -2.24. The second-order valence-electron chi connectivity index (χ2n) is 18.3. The third-order valence-corrected chi connectivity index (χ3v) is 12.2. The lowest BCUT2D eigenvalue weighted by Crippen LogP contribution is -2.46. The van der Waals surface area contributed by atoms with Gasteiger partial charge in [0.15, 0.2) is 0 Å². The molecule has 358 valence electrons. The van der Waals surface area contributed by atoms with Crippen molar-refractivity contribution in [2.24, 2.45) is 0 Å². The molecule has 0 saturated heterocycles. The van der Waals surface area contributed by atoms with E-state index < -0.39 is 18.2 Å². The monoisotopic (exact) mass is 858 g/mol. The first kappa shape index (κ1) is 59.1. The summed E-state index contributed by atoms with van der Waals surface area (Å²) < 4.78 is 5.91. The highest BCUT2D eigenvalue weighted by atomic mass is 16.5. The lowest BCUT2D eigenvalue weighted by molar-refractivity contribution is -0.151. The molecule has 0 aliphatic carbocycles. The molecule has 61 heavy (non-hydrogen) atoms. The number of carbonyl (C=O) groups excluding carboxylic acids is 2. The van der Waals surface area contributed by atoms with Crippen LogP contribution in [0.25, 0.3) is 0 Å². The number of hydrogen-bond donors (Lipinski definition) is 3. The number of carbonyl (C=O) groups is 2. The Balaban J connectivity index is 4.52. The van der Waals surface area contributed by atoms with Gasteiger partial charge in [-0.3, -0.25) is 9.59 Å². The second-order valence-corrected chi connectivity index (χ2v) is 18.3. The summed E-state index contributed by atoms with van der Waals surface area (Å²) >= 11 is 0. The molecule has 0 spiro atoms. The van der Waals surface area contributed by atoms with Crippen molar-refractivity contribution in [2.75, 3.05) is 6.61 Å². The number of aliphatic hydroxyl groups is 2. The van der Waals surface area contributed by atoms with Gasteiger partial charge in [0.05, 0.1) is 25.2 Å². The molecule has 0 aromatic carbocycles. The van der Waals surface area contributed by atoms with Crippen LogP contribution in [-0.4, -0.2) is 46.9 Å². The van der Waals surface area contributed by atoms with Crippen molar-refractivity contribution in [1.29, 1.82) is 0 Å². The summed E-state index contributed by atoms with van der Waals surface area (Å²) in [4.78, 5) is 26.1. The number of nitrogens with one attached hydrogen (secondary N) is 1. The van der Waals surface area contributed by atoms with Crippen LogP contribution in [0.5, 0.6) is 0 Å². The Morgan fingerprint density at radius 2 is 0.852 bits per heavy atom. The van der Waals surface area contributed by atoms with Gasteiger partial charge in [0, 0.05) is 6.42 Å². The van der Waals surface area contributed by atoms with E-state index in [0.29, 0.717) is 19.3 Å². The summed E-state index contributed by atoms with van der Waals surface area (Å²) in [7, 11) is 0. The van der Waals surface area contributed by atoms with E-state index in [2.05, 4.69) is 62.5 Å². The van der Waals surface area contributed by atoms with Crippen molar-refractivity contribution in [3.63, 3.8) is 0 Å². The van der Waals surface area contributed by atoms with Gasteiger partial charge >= 0.3 is 5.97 Å². The zero-order valence-corrected chi connectivity index (χ0v) is 40.8. The molecule has 0 aromatic rings. The predicted molar refractivity (Wildman–Crippen MR) is 264 cm³/mol. The summed E-state index contributed by atoms with van der Waals surface area (Å²) in [5.41, 5.74) is 0. The SMILES string of the molecule is CCCCC/C=C/C=C/CCCCCCCCC(=O)OC(CCC/C=C\CCCCCCCC)CC(=O)NC(CO)C(O)CCCCCCCCCCCCCCCCCC. The van der Waals surface area contributed by atoms with Crippen molar-refractivity contribution in [2.45, 2.75) is 296 Å². The Labute approximate surface area is 379 Å². The average Bonchev–Trinajstić information content (AvgIpc) is 3.25. The number of aliphatic hydroxyl groups excluding tert-OH is 2. The maximum Gasteiger partial charge on any atom is 0.306 e. The van der Waals surface area contributed by atoms with E-state index in [1.807, 2.05) is 0 Å². The fourth-order valence-corrected chi connectivity index (χ4v) is 8.13. The second kappa shape index (κ2) is 49.1. The molecule has 3 atom stereocenters. The van der Waals surface area contributed by atoms with E-state index in [-0.39, 0.29) is 24.9 Å². The number of ether oxygens (including phenoxy) is 1. The van der Waals surface area contributed by atoms with Crippen molar-refractivity contribution in [3.05, 3.63) is 36.5 Å². The van der Waals surface area contributed by atoms with Crippen LogP contribution in [-0.2, 0) is 14.3 Å². The summed E-state index contributed by atoms with van der Waals surface area (Å²) in [5, 5.41) is 23.8. The molecule has 0 heterocycles. The van der Waals surface area contributed by atoms with Crippen LogP contribution in [0.15, 0.2) is 36.5 Å². The van der Waals surface area contributed by atoms with Gasteiger partial charge in [-0.25, -0.2) is 0 Å². The van der Waals surface area contributed by atoms with E-state index in [9.17, 15) is 19.8 Å². The van der Waals surface area contributed by atoms with E-state index in [1.165, 1.54) is 167 Å². The average molecular weight is 858 g/mol. The summed E-state index contributed by atoms with van der Waals surface area (Å²) in [6, 6.07) is -0.710. The maximum absolute atomic E-state index is 13.2. The number of esters is 1. The molecule has 0 rings (SSSR count). The Hall–Kier alpha value is -1.92. The number of hydrogen-bond acceptors (Lipinski definition) is 5. The summed E-state index contributed by atoms with van der Waals surface area (Å²) in [5.74, 6) is -0.508. The van der Waals surface area contributed by atoms with E-state index in [1.54, 1.807) is 0 Å². The molecule has 3 unspecified atom stereocenters. The zero-order valence-electron chi connectivity index (χ0n) is 40.8. The Kier molecular flexibility index (Phi) is 47.6. The van der Waals surface area contributed by atoms with Crippen molar-refractivity contribution < 1.29 is 24.5 Å². The van der Waals surface area contributed by atoms with Crippen molar-refractivity contribution >= 4 is 11.9 Å². The zero-order chi connectivity index (χ0) is 44.5. The number of amides is 1. The topological polar surface area (TPSA) is 95.9 Å². The number of rotatable bonds is 48. The molecular weight excluding hydrogens is 755 g/mol. The standard InChI is InChI=1S/C55H103NO5/c1-4-7-10-13-16-19-22-24-26-28-29-32-35-38-41-44-47-53(58)52(50-57)56-54(59)49-51(46-43-40-37-34-31-21-18-15-12-9-6-3)61-55(60)48-45-42-39-36-33-30-27-25-23-20-17-14-11-8-5-2/h17,20,23,25,34,37,51-53,57-58H,4-16,18-19,21-22,24,26-33,35-36,38-50H2,1-3H3,(H,56,59)/b20-17+,25-23+,37-34-. The first-order chi connectivity index (χ1) is 30.0. The summed E-state index contributed by atoms with van der Waals surface area (Å²) in [6.07, 6.45) is 57.8. The Morgan fingerprint density at radius 3 is 1.33 bits per heavy atom. The van der Waals surface area contributed by atoms with Gasteiger partial charge in [0.1, 0.15) is 6.10 Å². The van der Waals surface area contributed by atoms with Crippen LogP contribution >= 0.6 is 0 Å². The van der Waals surface area contributed by atoms with Crippen molar-refractivity contribution in [3.8, 4) is 0 Å².